The van der Waals surface area contributed by atoms with Crippen molar-refractivity contribution in [2.75, 3.05) is 6.54 Å². The highest BCUT2D eigenvalue weighted by Crippen LogP contribution is 2.25. The van der Waals surface area contributed by atoms with E-state index in [1.807, 2.05) is 6.92 Å². The summed E-state index contributed by atoms with van der Waals surface area (Å²) in [7, 11) is 0. The number of piperidine rings is 1. The molecule has 0 aliphatic carbocycles. The van der Waals surface area contributed by atoms with Gasteiger partial charge in [-0.15, -0.1) is 0 Å². The van der Waals surface area contributed by atoms with Crippen LogP contribution in [0.25, 0.3) is 0 Å². The Balaban J connectivity index is 2.26. The Kier molecular flexibility index (Phi) is 4.42. The van der Waals surface area contributed by atoms with E-state index in [2.05, 4.69) is 15.9 Å². The molecule has 1 N–H and O–H groups in total. The number of carbonyl (C=O) groups is 2. The molecule has 2 atom stereocenters. The molecule has 6 heteroatoms. The number of carboxylic acids is 1. The smallest absolute Gasteiger partial charge is 0.308 e. The number of carboxylic acid groups (broad SMARTS) is 1. The van der Waals surface area contributed by atoms with Crippen LogP contribution in [0.1, 0.15) is 30.1 Å². The Morgan fingerprint density at radius 1 is 1.40 bits per heavy atom. The Labute approximate surface area is 124 Å². The predicted molar refractivity (Wildman–Crippen MR) is 75.0 cm³/mol. The molecule has 1 fully saturated rings. The third-order valence-electron chi connectivity index (χ3n) is 3.65. The molecule has 1 heterocycles. The first kappa shape index (κ1) is 15.0. The molecule has 108 valence electrons. The molecule has 1 aromatic carbocycles. The molecule has 0 bridgehead atoms. The van der Waals surface area contributed by atoms with Crippen LogP contribution < -0.4 is 0 Å². The molecule has 1 amide bonds. The summed E-state index contributed by atoms with van der Waals surface area (Å²) in [6.45, 7) is 1.98. The van der Waals surface area contributed by atoms with E-state index >= 15 is 0 Å². The van der Waals surface area contributed by atoms with Gasteiger partial charge in [0.1, 0.15) is 5.82 Å². The maximum absolute atomic E-state index is 13.8. The first-order valence-electron chi connectivity index (χ1n) is 6.39. The van der Waals surface area contributed by atoms with Crippen LogP contribution in [0.2, 0.25) is 0 Å². The molecule has 0 aromatic heterocycles. The zero-order chi connectivity index (χ0) is 14.9. The van der Waals surface area contributed by atoms with Gasteiger partial charge in [0, 0.05) is 17.1 Å². The third kappa shape index (κ3) is 3.00. The van der Waals surface area contributed by atoms with Crippen LogP contribution in [0.15, 0.2) is 22.7 Å². The van der Waals surface area contributed by atoms with Crippen molar-refractivity contribution in [3.8, 4) is 0 Å². The predicted octanol–water partition coefficient (Wildman–Crippen LogP) is 2.91. The zero-order valence-electron chi connectivity index (χ0n) is 11.0. The van der Waals surface area contributed by atoms with Crippen molar-refractivity contribution in [2.45, 2.75) is 25.8 Å². The first-order chi connectivity index (χ1) is 9.40. The van der Waals surface area contributed by atoms with Gasteiger partial charge in [0.2, 0.25) is 0 Å². The molecule has 1 aromatic rings. The van der Waals surface area contributed by atoms with Crippen LogP contribution in [-0.2, 0) is 4.79 Å². The summed E-state index contributed by atoms with van der Waals surface area (Å²) in [5.74, 6) is -2.54. The highest BCUT2D eigenvalue weighted by Gasteiger charge is 2.33. The number of amides is 1. The maximum Gasteiger partial charge on any atom is 0.308 e. The van der Waals surface area contributed by atoms with Crippen molar-refractivity contribution in [3.05, 3.63) is 34.1 Å². The van der Waals surface area contributed by atoms with Crippen molar-refractivity contribution < 1.29 is 19.1 Å². The molecule has 1 saturated heterocycles. The van der Waals surface area contributed by atoms with Gasteiger partial charge in [0.15, 0.2) is 0 Å². The van der Waals surface area contributed by atoms with Crippen LogP contribution in [0.3, 0.4) is 0 Å². The Hall–Kier alpha value is -1.43. The number of hydrogen-bond acceptors (Lipinski definition) is 2. The van der Waals surface area contributed by atoms with Gasteiger partial charge in [0.05, 0.1) is 11.5 Å². The van der Waals surface area contributed by atoms with Gasteiger partial charge in [0.25, 0.3) is 5.91 Å². The van der Waals surface area contributed by atoms with E-state index in [0.717, 1.165) is 0 Å². The fraction of sp³-hybridized carbons (Fsp3) is 0.429. The minimum absolute atomic E-state index is 0.0303. The van der Waals surface area contributed by atoms with Gasteiger partial charge >= 0.3 is 5.97 Å². The van der Waals surface area contributed by atoms with Crippen molar-refractivity contribution in [3.63, 3.8) is 0 Å². The monoisotopic (exact) mass is 343 g/mol. The quantitative estimate of drug-likeness (QED) is 0.898. The molecule has 2 unspecified atom stereocenters. The summed E-state index contributed by atoms with van der Waals surface area (Å²) in [6, 6.07) is 4.08. The lowest BCUT2D eigenvalue weighted by molar-refractivity contribution is -0.143. The Morgan fingerprint density at radius 3 is 2.75 bits per heavy atom. The molecule has 2 rings (SSSR count). The normalized spacial score (nSPS) is 22.6. The van der Waals surface area contributed by atoms with Crippen molar-refractivity contribution in [1.29, 1.82) is 0 Å². The average molecular weight is 344 g/mol. The second-order valence-electron chi connectivity index (χ2n) is 5.04. The molecule has 20 heavy (non-hydrogen) atoms. The van der Waals surface area contributed by atoms with E-state index in [9.17, 15) is 14.0 Å². The van der Waals surface area contributed by atoms with E-state index < -0.39 is 23.6 Å². The summed E-state index contributed by atoms with van der Waals surface area (Å²) in [5, 5.41) is 9.07. The van der Waals surface area contributed by atoms with E-state index in [1.165, 1.54) is 23.1 Å². The number of halogens is 2. The van der Waals surface area contributed by atoms with Crippen LogP contribution in [0.5, 0.6) is 0 Å². The fourth-order valence-electron chi connectivity index (χ4n) is 2.41. The number of rotatable bonds is 2. The minimum Gasteiger partial charge on any atom is -0.481 e. The lowest BCUT2D eigenvalue weighted by atomic mass is 9.93. The van der Waals surface area contributed by atoms with Gasteiger partial charge in [-0.05, 0) is 38.0 Å². The topological polar surface area (TPSA) is 57.6 Å². The molecule has 4 nitrogen and oxygen atoms in total. The molecule has 0 saturated carbocycles. The van der Waals surface area contributed by atoms with Crippen LogP contribution in [0, 0.1) is 11.7 Å². The molecule has 0 radical (unpaired) electrons. The molecular weight excluding hydrogens is 329 g/mol. The zero-order valence-corrected chi connectivity index (χ0v) is 12.6. The lowest BCUT2D eigenvalue weighted by Crippen LogP contribution is -2.47. The second kappa shape index (κ2) is 5.91. The van der Waals surface area contributed by atoms with Gasteiger partial charge in [-0.1, -0.05) is 15.9 Å². The number of carbonyl (C=O) groups excluding carboxylic acids is 1. The largest absolute Gasteiger partial charge is 0.481 e. The fourth-order valence-corrected chi connectivity index (χ4v) is 2.77. The van der Waals surface area contributed by atoms with E-state index in [-0.39, 0.29) is 18.2 Å². The third-order valence-corrected chi connectivity index (χ3v) is 4.14. The average Bonchev–Trinajstić information content (AvgIpc) is 2.41. The number of benzene rings is 1. The number of hydrogen-bond donors (Lipinski definition) is 1. The molecule has 0 spiro atoms. The number of nitrogens with zero attached hydrogens (tertiary/aromatic N) is 1. The number of aliphatic carboxylic acids is 1. The van der Waals surface area contributed by atoms with E-state index in [0.29, 0.717) is 17.3 Å². The van der Waals surface area contributed by atoms with Crippen molar-refractivity contribution >= 4 is 27.8 Å². The summed E-state index contributed by atoms with van der Waals surface area (Å²) >= 11 is 3.21. The molecule has 1 aliphatic heterocycles. The summed E-state index contributed by atoms with van der Waals surface area (Å²) in [5.41, 5.74) is -0.0303. The van der Waals surface area contributed by atoms with E-state index in [4.69, 9.17) is 5.11 Å². The summed E-state index contributed by atoms with van der Waals surface area (Å²) in [4.78, 5) is 24.9. The lowest BCUT2D eigenvalue weighted by Gasteiger charge is -2.36. The van der Waals surface area contributed by atoms with Gasteiger partial charge < -0.3 is 10.0 Å². The van der Waals surface area contributed by atoms with E-state index in [1.54, 1.807) is 0 Å². The van der Waals surface area contributed by atoms with Gasteiger partial charge in [-0.3, -0.25) is 9.59 Å². The maximum atomic E-state index is 13.8. The molecular formula is C14H15BrFNO3. The van der Waals surface area contributed by atoms with Crippen LogP contribution >= 0.6 is 15.9 Å². The highest BCUT2D eigenvalue weighted by molar-refractivity contribution is 9.10. The number of likely N-dealkylation sites (tertiary alicyclic amines) is 1. The van der Waals surface area contributed by atoms with Crippen molar-refractivity contribution in [2.24, 2.45) is 5.92 Å². The Morgan fingerprint density at radius 2 is 2.10 bits per heavy atom. The van der Waals surface area contributed by atoms with Crippen LogP contribution in [-0.4, -0.2) is 34.5 Å². The standard InChI is InChI=1S/C14H15BrFNO3/c1-8-2-3-9(14(19)20)7-17(8)13(18)11-6-10(15)4-5-12(11)16/h4-6,8-9H,2-3,7H2,1H3,(H,19,20). The second-order valence-corrected chi connectivity index (χ2v) is 5.96. The minimum atomic E-state index is -0.913. The SMILES string of the molecule is CC1CCC(C(=O)O)CN1C(=O)c1cc(Br)ccc1F. The highest BCUT2D eigenvalue weighted by atomic mass is 79.9. The summed E-state index contributed by atoms with van der Waals surface area (Å²) < 4.78 is 14.4. The Bertz CT molecular complexity index is 549. The van der Waals surface area contributed by atoms with Gasteiger partial charge in [-0.25, -0.2) is 4.39 Å². The first-order valence-corrected chi connectivity index (χ1v) is 7.18. The van der Waals surface area contributed by atoms with Crippen molar-refractivity contribution in [1.82, 2.24) is 4.90 Å². The molecule has 1 aliphatic rings. The van der Waals surface area contributed by atoms with Gasteiger partial charge in [-0.2, -0.15) is 0 Å². The summed E-state index contributed by atoms with van der Waals surface area (Å²) in [6.07, 6.45) is 1.15. The van der Waals surface area contributed by atoms with Crippen LogP contribution in [0.4, 0.5) is 4.39 Å².